The summed E-state index contributed by atoms with van der Waals surface area (Å²) in [5.74, 6) is 1.36. The molecule has 174 valence electrons. The number of aromatic nitrogens is 3. The molecular weight excluding hydrogens is 424 g/mol. The number of hydrogen-bond donors (Lipinski definition) is 1. The number of nitrogens with one attached hydrogen (secondary N) is 1. The minimum Gasteiger partial charge on any atom is -0.497 e. The standard InChI is InChI=1S/C28H30N4O2/c1-18-4-7-21(14-19(18)2)26-27(30-12-11-29-26)28(33)32(17-20-5-6-20)13-10-22-16-31-25-9-8-23(34-3)15-24(22)25/h4,7-9,11-12,14-16,20,31H,5-6,10,13,17H2,1-3H3. The highest BCUT2D eigenvalue weighted by molar-refractivity contribution is 5.98. The molecule has 2 aromatic heterocycles. The third-order valence-electron chi connectivity index (χ3n) is 6.77. The summed E-state index contributed by atoms with van der Waals surface area (Å²) in [4.78, 5) is 28.1. The number of H-pyrrole nitrogens is 1. The lowest BCUT2D eigenvalue weighted by molar-refractivity contribution is 0.0744. The van der Waals surface area contributed by atoms with E-state index in [0.29, 0.717) is 23.9 Å². The number of fused-ring (bicyclic) bond motifs is 1. The van der Waals surface area contributed by atoms with Gasteiger partial charge in [0.15, 0.2) is 5.69 Å². The van der Waals surface area contributed by atoms with E-state index < -0.39 is 0 Å². The molecule has 0 spiro atoms. The van der Waals surface area contributed by atoms with Crippen LogP contribution in [-0.2, 0) is 6.42 Å². The van der Waals surface area contributed by atoms with Crippen LogP contribution >= 0.6 is 0 Å². The lowest BCUT2D eigenvalue weighted by atomic mass is 10.0. The number of carbonyl (C=O) groups is 1. The normalized spacial score (nSPS) is 13.3. The van der Waals surface area contributed by atoms with E-state index in [4.69, 9.17) is 4.74 Å². The zero-order chi connectivity index (χ0) is 23.7. The lowest BCUT2D eigenvalue weighted by Crippen LogP contribution is -2.35. The predicted octanol–water partition coefficient (Wildman–Crippen LogP) is 5.35. The van der Waals surface area contributed by atoms with E-state index in [2.05, 4.69) is 47.0 Å². The summed E-state index contributed by atoms with van der Waals surface area (Å²) >= 11 is 0. The Morgan fingerprint density at radius 3 is 2.68 bits per heavy atom. The molecule has 1 saturated carbocycles. The van der Waals surface area contributed by atoms with Crippen molar-refractivity contribution >= 4 is 16.8 Å². The first-order chi connectivity index (χ1) is 16.5. The average molecular weight is 455 g/mol. The van der Waals surface area contributed by atoms with Crippen molar-refractivity contribution in [1.29, 1.82) is 0 Å². The predicted molar refractivity (Wildman–Crippen MR) is 134 cm³/mol. The van der Waals surface area contributed by atoms with Crippen molar-refractivity contribution < 1.29 is 9.53 Å². The van der Waals surface area contributed by atoms with E-state index in [0.717, 1.165) is 35.2 Å². The maximum atomic E-state index is 13.8. The molecule has 6 nitrogen and oxygen atoms in total. The molecule has 0 bridgehead atoms. The van der Waals surface area contributed by atoms with E-state index in [1.807, 2.05) is 29.3 Å². The summed E-state index contributed by atoms with van der Waals surface area (Å²) in [6, 6.07) is 12.2. The minimum atomic E-state index is -0.0503. The van der Waals surface area contributed by atoms with Crippen LogP contribution in [0.2, 0.25) is 0 Å². The Kier molecular flexibility index (Phi) is 6.05. The molecule has 4 aromatic rings. The molecule has 0 saturated heterocycles. The zero-order valence-electron chi connectivity index (χ0n) is 20.0. The molecule has 0 atom stereocenters. The van der Waals surface area contributed by atoms with Gasteiger partial charge in [0, 0.05) is 48.1 Å². The number of nitrogens with zero attached hydrogens (tertiary/aromatic N) is 3. The first-order valence-electron chi connectivity index (χ1n) is 11.9. The second-order valence-electron chi connectivity index (χ2n) is 9.22. The molecule has 2 aromatic carbocycles. The SMILES string of the molecule is COc1ccc2[nH]cc(CCN(CC3CC3)C(=O)c3nccnc3-c3ccc(C)c(C)c3)c2c1. The van der Waals surface area contributed by atoms with Crippen molar-refractivity contribution in [1.82, 2.24) is 19.9 Å². The van der Waals surface area contributed by atoms with Gasteiger partial charge < -0.3 is 14.6 Å². The van der Waals surface area contributed by atoms with Crippen molar-refractivity contribution in [2.45, 2.75) is 33.1 Å². The number of amides is 1. The second-order valence-corrected chi connectivity index (χ2v) is 9.22. The van der Waals surface area contributed by atoms with Crippen molar-refractivity contribution in [3.63, 3.8) is 0 Å². The Morgan fingerprint density at radius 1 is 1.09 bits per heavy atom. The second kappa shape index (κ2) is 9.29. The number of rotatable bonds is 8. The molecule has 1 fully saturated rings. The number of aryl methyl sites for hydroxylation is 2. The molecule has 0 aliphatic heterocycles. The lowest BCUT2D eigenvalue weighted by Gasteiger charge is -2.23. The summed E-state index contributed by atoms with van der Waals surface area (Å²) in [7, 11) is 1.68. The van der Waals surface area contributed by atoms with E-state index in [1.165, 1.54) is 29.5 Å². The topological polar surface area (TPSA) is 71.1 Å². The molecule has 1 aliphatic rings. The smallest absolute Gasteiger partial charge is 0.274 e. The fourth-order valence-electron chi connectivity index (χ4n) is 4.38. The highest BCUT2D eigenvalue weighted by Gasteiger charge is 2.29. The van der Waals surface area contributed by atoms with Crippen LogP contribution in [0.25, 0.3) is 22.2 Å². The van der Waals surface area contributed by atoms with Crippen LogP contribution in [0.4, 0.5) is 0 Å². The van der Waals surface area contributed by atoms with Gasteiger partial charge in [0.2, 0.25) is 0 Å². The summed E-state index contributed by atoms with van der Waals surface area (Å²) in [6.45, 7) is 5.54. The van der Waals surface area contributed by atoms with Crippen molar-refractivity contribution in [3.05, 3.63) is 77.4 Å². The number of ether oxygens (including phenoxy) is 1. The van der Waals surface area contributed by atoms with Crippen molar-refractivity contribution in [2.75, 3.05) is 20.2 Å². The minimum absolute atomic E-state index is 0.0503. The summed E-state index contributed by atoms with van der Waals surface area (Å²) < 4.78 is 5.41. The van der Waals surface area contributed by atoms with Crippen LogP contribution in [0.5, 0.6) is 5.75 Å². The quantitative estimate of drug-likeness (QED) is 0.390. The van der Waals surface area contributed by atoms with Gasteiger partial charge >= 0.3 is 0 Å². The molecular formula is C28H30N4O2. The van der Waals surface area contributed by atoms with Gasteiger partial charge in [-0.25, -0.2) is 4.98 Å². The molecule has 0 radical (unpaired) electrons. The van der Waals surface area contributed by atoms with Crippen LogP contribution < -0.4 is 4.74 Å². The van der Waals surface area contributed by atoms with Gasteiger partial charge in [-0.3, -0.25) is 9.78 Å². The van der Waals surface area contributed by atoms with E-state index in [9.17, 15) is 4.79 Å². The summed E-state index contributed by atoms with van der Waals surface area (Å²) in [5.41, 5.74) is 6.63. The molecule has 5 rings (SSSR count). The fourth-order valence-corrected chi connectivity index (χ4v) is 4.38. The Morgan fingerprint density at radius 2 is 1.91 bits per heavy atom. The molecule has 6 heteroatoms. The molecule has 2 heterocycles. The van der Waals surface area contributed by atoms with Gasteiger partial charge in [0.05, 0.1) is 7.11 Å². The van der Waals surface area contributed by atoms with Gasteiger partial charge in [0.25, 0.3) is 5.91 Å². The Labute approximate surface area is 200 Å². The maximum absolute atomic E-state index is 13.8. The molecule has 1 N–H and O–H groups in total. The third-order valence-corrected chi connectivity index (χ3v) is 6.77. The summed E-state index contributed by atoms with van der Waals surface area (Å²) in [5, 5.41) is 1.13. The fraction of sp³-hybridized carbons (Fsp3) is 0.321. The van der Waals surface area contributed by atoms with Crippen LogP contribution in [0.3, 0.4) is 0 Å². The third kappa shape index (κ3) is 4.53. The Balaban J connectivity index is 1.42. The van der Waals surface area contributed by atoms with Gasteiger partial charge in [0.1, 0.15) is 11.4 Å². The van der Waals surface area contributed by atoms with Crippen LogP contribution in [0, 0.1) is 19.8 Å². The number of benzene rings is 2. The van der Waals surface area contributed by atoms with Crippen LogP contribution in [0.1, 0.15) is 40.0 Å². The molecule has 1 amide bonds. The first kappa shape index (κ1) is 22.1. The first-order valence-corrected chi connectivity index (χ1v) is 11.9. The molecule has 34 heavy (non-hydrogen) atoms. The van der Waals surface area contributed by atoms with Crippen molar-refractivity contribution in [3.8, 4) is 17.0 Å². The van der Waals surface area contributed by atoms with Gasteiger partial charge in [-0.15, -0.1) is 0 Å². The Bertz CT molecular complexity index is 1340. The van der Waals surface area contributed by atoms with Gasteiger partial charge in [-0.05, 0) is 80.0 Å². The number of hydrogen-bond acceptors (Lipinski definition) is 4. The molecule has 0 unspecified atom stereocenters. The average Bonchev–Trinajstić information content (AvgIpc) is 3.60. The highest BCUT2D eigenvalue weighted by Crippen LogP contribution is 2.31. The highest BCUT2D eigenvalue weighted by atomic mass is 16.5. The Hall–Kier alpha value is -3.67. The molecule has 1 aliphatic carbocycles. The monoisotopic (exact) mass is 454 g/mol. The van der Waals surface area contributed by atoms with Gasteiger partial charge in [-0.2, -0.15) is 0 Å². The number of carbonyl (C=O) groups excluding carboxylic acids is 1. The number of methoxy groups -OCH3 is 1. The maximum Gasteiger partial charge on any atom is 0.274 e. The number of aromatic amines is 1. The van der Waals surface area contributed by atoms with E-state index in [1.54, 1.807) is 19.5 Å². The van der Waals surface area contributed by atoms with Crippen LogP contribution in [-0.4, -0.2) is 46.0 Å². The zero-order valence-corrected chi connectivity index (χ0v) is 20.0. The largest absolute Gasteiger partial charge is 0.497 e. The van der Waals surface area contributed by atoms with Crippen molar-refractivity contribution in [2.24, 2.45) is 5.92 Å². The van der Waals surface area contributed by atoms with Crippen LogP contribution in [0.15, 0.2) is 55.0 Å². The van der Waals surface area contributed by atoms with Gasteiger partial charge in [-0.1, -0.05) is 12.1 Å². The van der Waals surface area contributed by atoms with E-state index >= 15 is 0 Å². The van der Waals surface area contributed by atoms with E-state index in [-0.39, 0.29) is 5.91 Å². The summed E-state index contributed by atoms with van der Waals surface area (Å²) in [6.07, 6.45) is 8.42.